The van der Waals surface area contributed by atoms with E-state index in [1.54, 1.807) is 12.1 Å². The van der Waals surface area contributed by atoms with Crippen LogP contribution in [0.4, 0.5) is 20.6 Å². The monoisotopic (exact) mass is 337 g/mol. The normalized spacial score (nSPS) is 21.4. The summed E-state index contributed by atoms with van der Waals surface area (Å²) in [4.78, 5) is 26.7. The first-order chi connectivity index (χ1) is 11.6. The summed E-state index contributed by atoms with van der Waals surface area (Å²) in [5.74, 6) is -0.793. The van der Waals surface area contributed by atoms with E-state index in [9.17, 15) is 14.0 Å². The molecule has 0 saturated carbocycles. The third-order valence-corrected chi connectivity index (χ3v) is 4.16. The van der Waals surface area contributed by atoms with Gasteiger partial charge in [0.25, 0.3) is 5.91 Å². The molecule has 2 heterocycles. The van der Waals surface area contributed by atoms with Gasteiger partial charge in [-0.05, 0) is 24.6 Å². The Hall–Kier alpha value is -2.35. The molecule has 2 amide bonds. The van der Waals surface area contributed by atoms with Gasteiger partial charge in [0.05, 0.1) is 24.5 Å². The number of ether oxygens (including phenoxy) is 2. The summed E-state index contributed by atoms with van der Waals surface area (Å²) in [6.45, 7) is 2.65. The van der Waals surface area contributed by atoms with Crippen LogP contribution in [0.5, 0.6) is 0 Å². The first-order valence-electron chi connectivity index (χ1n) is 7.92. The minimum absolute atomic E-state index is 0.0643. The molecule has 2 aliphatic rings. The molecule has 0 aromatic heterocycles. The number of rotatable bonds is 3. The highest BCUT2D eigenvalue weighted by molar-refractivity contribution is 5.95. The second-order valence-corrected chi connectivity index (χ2v) is 5.69. The predicted molar refractivity (Wildman–Crippen MR) is 85.7 cm³/mol. The number of carbonyl (C=O) groups is 2. The fraction of sp³-hybridized carbons (Fsp3) is 0.500. The Morgan fingerprint density at radius 1 is 1.33 bits per heavy atom. The minimum atomic E-state index is -0.881. The smallest absolute Gasteiger partial charge is 0.415 e. The quantitative estimate of drug-likeness (QED) is 0.895. The lowest BCUT2D eigenvalue weighted by Crippen LogP contribution is -2.35. The number of amides is 2. The van der Waals surface area contributed by atoms with Gasteiger partial charge in [-0.3, -0.25) is 9.69 Å². The van der Waals surface area contributed by atoms with Crippen LogP contribution in [0.15, 0.2) is 18.2 Å². The fourth-order valence-corrected chi connectivity index (χ4v) is 2.88. The van der Waals surface area contributed by atoms with Gasteiger partial charge in [-0.15, -0.1) is 0 Å². The molecule has 1 aromatic carbocycles. The summed E-state index contributed by atoms with van der Waals surface area (Å²) in [6, 6.07) is 4.61. The number of likely N-dealkylation sites (N-methyl/N-ethyl adjacent to an activating group) is 1. The topological polar surface area (TPSA) is 71.1 Å². The molecule has 0 aliphatic carbocycles. The van der Waals surface area contributed by atoms with Crippen molar-refractivity contribution in [3.63, 3.8) is 0 Å². The SMILES string of the molecule is CNC(=O)[C@H]1CN(c2ccc(N3CCCOCC3)c(F)c2)C(=O)O1. The Morgan fingerprint density at radius 3 is 2.92 bits per heavy atom. The molecule has 2 saturated heterocycles. The maximum atomic E-state index is 14.5. The van der Waals surface area contributed by atoms with E-state index in [2.05, 4.69) is 5.32 Å². The van der Waals surface area contributed by atoms with E-state index in [4.69, 9.17) is 9.47 Å². The van der Waals surface area contributed by atoms with Crippen molar-refractivity contribution in [2.75, 3.05) is 49.7 Å². The Kier molecular flexibility index (Phi) is 4.84. The summed E-state index contributed by atoms with van der Waals surface area (Å²) >= 11 is 0. The molecule has 1 aromatic rings. The molecule has 7 nitrogen and oxygen atoms in total. The first-order valence-corrected chi connectivity index (χ1v) is 7.92. The molecule has 2 fully saturated rings. The molecular formula is C16H20FN3O4. The van der Waals surface area contributed by atoms with Crippen LogP contribution >= 0.6 is 0 Å². The third kappa shape index (κ3) is 3.28. The predicted octanol–water partition coefficient (Wildman–Crippen LogP) is 1.12. The number of benzene rings is 1. The Balaban J connectivity index is 1.77. The average Bonchev–Trinajstić information content (AvgIpc) is 2.79. The highest BCUT2D eigenvalue weighted by Crippen LogP contribution is 2.28. The highest BCUT2D eigenvalue weighted by Gasteiger charge is 2.36. The molecule has 24 heavy (non-hydrogen) atoms. The van der Waals surface area contributed by atoms with Gasteiger partial charge in [0.1, 0.15) is 5.82 Å². The summed E-state index contributed by atoms with van der Waals surface area (Å²) < 4.78 is 24.9. The highest BCUT2D eigenvalue weighted by atomic mass is 19.1. The van der Waals surface area contributed by atoms with Gasteiger partial charge in [0.15, 0.2) is 6.10 Å². The van der Waals surface area contributed by atoms with E-state index in [1.807, 2.05) is 4.90 Å². The Bertz CT molecular complexity index is 632. The summed E-state index contributed by atoms with van der Waals surface area (Å²) in [7, 11) is 1.47. The van der Waals surface area contributed by atoms with Crippen molar-refractivity contribution >= 4 is 23.4 Å². The number of nitrogens with zero attached hydrogens (tertiary/aromatic N) is 2. The molecule has 8 heteroatoms. The zero-order valence-corrected chi connectivity index (χ0v) is 13.5. The van der Waals surface area contributed by atoms with Gasteiger partial charge in [0.2, 0.25) is 0 Å². The molecule has 130 valence electrons. The maximum Gasteiger partial charge on any atom is 0.415 e. The van der Waals surface area contributed by atoms with Crippen LogP contribution in [-0.4, -0.2) is 58.0 Å². The molecule has 1 N–H and O–H groups in total. The first kappa shape index (κ1) is 16.5. The van der Waals surface area contributed by atoms with Gasteiger partial charge in [-0.1, -0.05) is 0 Å². The summed E-state index contributed by atoms with van der Waals surface area (Å²) in [5.41, 5.74) is 0.860. The zero-order valence-electron chi connectivity index (χ0n) is 13.5. The fourth-order valence-electron chi connectivity index (χ4n) is 2.88. The van der Waals surface area contributed by atoms with Crippen molar-refractivity contribution in [1.29, 1.82) is 0 Å². The number of hydrogen-bond donors (Lipinski definition) is 1. The van der Waals surface area contributed by atoms with Crippen molar-refractivity contribution in [1.82, 2.24) is 5.32 Å². The summed E-state index contributed by atoms with van der Waals surface area (Å²) in [6.07, 6.45) is -0.695. The van der Waals surface area contributed by atoms with Gasteiger partial charge < -0.3 is 19.7 Å². The van der Waals surface area contributed by atoms with Gasteiger partial charge in [-0.25, -0.2) is 9.18 Å². The number of hydrogen-bond acceptors (Lipinski definition) is 5. The van der Waals surface area contributed by atoms with E-state index in [1.165, 1.54) is 18.0 Å². The van der Waals surface area contributed by atoms with Gasteiger partial charge in [-0.2, -0.15) is 0 Å². The lowest BCUT2D eigenvalue weighted by Gasteiger charge is -2.23. The summed E-state index contributed by atoms with van der Waals surface area (Å²) in [5, 5.41) is 2.43. The lowest BCUT2D eigenvalue weighted by molar-refractivity contribution is -0.127. The van der Waals surface area contributed by atoms with Crippen molar-refractivity contribution in [3.05, 3.63) is 24.0 Å². The van der Waals surface area contributed by atoms with Crippen LogP contribution in [0.1, 0.15) is 6.42 Å². The minimum Gasteiger partial charge on any atom is -0.434 e. The van der Waals surface area contributed by atoms with Crippen LogP contribution in [0.25, 0.3) is 0 Å². The van der Waals surface area contributed by atoms with E-state index < -0.39 is 18.0 Å². The molecular weight excluding hydrogens is 317 g/mol. The molecule has 0 radical (unpaired) electrons. The average molecular weight is 337 g/mol. The number of halogens is 1. The Labute approximate surface area is 139 Å². The Morgan fingerprint density at radius 2 is 2.17 bits per heavy atom. The molecule has 2 aliphatic heterocycles. The van der Waals surface area contributed by atoms with E-state index in [0.29, 0.717) is 31.1 Å². The number of carbonyl (C=O) groups excluding carboxylic acids is 2. The van der Waals surface area contributed by atoms with Crippen molar-refractivity contribution < 1.29 is 23.5 Å². The number of anilines is 2. The molecule has 0 unspecified atom stereocenters. The molecule has 0 spiro atoms. The van der Waals surface area contributed by atoms with Crippen LogP contribution in [-0.2, 0) is 14.3 Å². The molecule has 0 bridgehead atoms. The number of nitrogens with one attached hydrogen (secondary N) is 1. The largest absolute Gasteiger partial charge is 0.434 e. The lowest BCUT2D eigenvalue weighted by atomic mass is 10.2. The van der Waals surface area contributed by atoms with Crippen LogP contribution in [0.3, 0.4) is 0 Å². The van der Waals surface area contributed by atoms with Gasteiger partial charge in [0, 0.05) is 26.7 Å². The van der Waals surface area contributed by atoms with Crippen LogP contribution in [0, 0.1) is 5.82 Å². The van der Waals surface area contributed by atoms with E-state index >= 15 is 0 Å². The second-order valence-electron chi connectivity index (χ2n) is 5.69. The number of cyclic esters (lactones) is 1. The molecule has 3 rings (SSSR count). The third-order valence-electron chi connectivity index (χ3n) is 4.16. The van der Waals surface area contributed by atoms with Crippen LogP contribution < -0.4 is 15.1 Å². The van der Waals surface area contributed by atoms with Crippen LogP contribution in [0.2, 0.25) is 0 Å². The molecule has 1 atom stereocenters. The standard InChI is InChI=1S/C16H20FN3O4/c1-18-15(21)14-10-20(16(22)24-14)11-3-4-13(12(17)9-11)19-5-2-7-23-8-6-19/h3-4,9,14H,2,5-8,10H2,1H3,(H,18,21)/t14-/m1/s1. The van der Waals surface area contributed by atoms with Crippen molar-refractivity contribution in [3.8, 4) is 0 Å². The van der Waals surface area contributed by atoms with E-state index in [0.717, 1.165) is 13.0 Å². The van der Waals surface area contributed by atoms with Crippen molar-refractivity contribution in [2.24, 2.45) is 0 Å². The zero-order chi connectivity index (χ0) is 17.1. The second kappa shape index (κ2) is 7.04. The van der Waals surface area contributed by atoms with Crippen molar-refractivity contribution in [2.45, 2.75) is 12.5 Å². The maximum absolute atomic E-state index is 14.5. The van der Waals surface area contributed by atoms with E-state index in [-0.39, 0.29) is 12.5 Å². The van der Waals surface area contributed by atoms with Gasteiger partial charge >= 0.3 is 6.09 Å².